The Kier molecular flexibility index (Phi) is 10.9. The SMILES string of the molecule is CCO.Nc1cccc(-c2ccccc2-c2ccc3c(c2)sc2ccccc23)c1.O=[N+]([O-])c1cccc(-c2ccccc2-c2ccc3c(c2)sc2ccccc23)c1. The average Bonchev–Trinajstić information content (AvgIpc) is 3.82. The number of thiophene rings is 2. The zero-order chi connectivity index (χ0) is 39.3. The number of fused-ring (bicyclic) bond motifs is 6. The molecule has 10 aromatic rings. The smallest absolute Gasteiger partial charge is 0.270 e. The summed E-state index contributed by atoms with van der Waals surface area (Å²) in [5, 5.41) is 24.0. The van der Waals surface area contributed by atoms with Gasteiger partial charge in [-0.3, -0.25) is 10.1 Å². The summed E-state index contributed by atoms with van der Waals surface area (Å²) in [6, 6.07) is 61.9. The van der Waals surface area contributed by atoms with E-state index in [0.717, 1.165) is 33.5 Å². The molecular formula is C50H38N2O3S2. The lowest BCUT2D eigenvalue weighted by Crippen LogP contribution is -1.89. The Bertz CT molecular complexity index is 3040. The molecule has 0 bridgehead atoms. The maximum atomic E-state index is 11.2. The molecule has 0 unspecified atom stereocenters. The summed E-state index contributed by atoms with van der Waals surface area (Å²) >= 11 is 3.64. The second-order valence-electron chi connectivity index (χ2n) is 13.5. The number of nitro benzene ring substituents is 1. The number of nitrogens with two attached hydrogens (primary N) is 1. The summed E-state index contributed by atoms with van der Waals surface area (Å²) in [7, 11) is 0. The molecule has 278 valence electrons. The van der Waals surface area contributed by atoms with Crippen molar-refractivity contribution in [3.8, 4) is 44.5 Å². The molecule has 0 radical (unpaired) electrons. The monoisotopic (exact) mass is 778 g/mol. The van der Waals surface area contributed by atoms with Gasteiger partial charge in [0.25, 0.3) is 5.69 Å². The van der Waals surface area contributed by atoms with E-state index in [1.54, 1.807) is 30.4 Å². The van der Waals surface area contributed by atoms with Crippen LogP contribution in [0.1, 0.15) is 6.92 Å². The standard InChI is InChI=1S/C24H15NO2S.C24H17NS.C2H6O/c26-25(27)18-7-5-6-16(14-18)19-8-1-2-9-20(19)17-12-13-22-21-10-3-4-11-23(21)28-24(22)15-17;25-18-7-5-6-16(14-18)19-8-1-2-9-20(19)17-12-13-22-21-10-3-4-11-23(21)26-24(22)15-17;1-2-3/h1-15H;1-15H,25H2;3H,2H2,1H3. The van der Waals surface area contributed by atoms with Gasteiger partial charge in [0.2, 0.25) is 0 Å². The zero-order valence-electron chi connectivity index (χ0n) is 31.1. The fourth-order valence-corrected chi connectivity index (χ4v) is 9.54. The molecule has 5 nitrogen and oxygen atoms in total. The van der Waals surface area contributed by atoms with E-state index in [2.05, 4.69) is 121 Å². The lowest BCUT2D eigenvalue weighted by Gasteiger charge is -2.11. The van der Waals surface area contributed by atoms with Crippen molar-refractivity contribution >= 4 is 74.4 Å². The van der Waals surface area contributed by atoms with Crippen LogP contribution in [0.3, 0.4) is 0 Å². The molecule has 57 heavy (non-hydrogen) atoms. The lowest BCUT2D eigenvalue weighted by atomic mass is 9.94. The third-order valence-electron chi connectivity index (χ3n) is 9.80. The number of nitro groups is 1. The molecule has 0 aliphatic carbocycles. The van der Waals surface area contributed by atoms with E-state index in [1.807, 2.05) is 53.8 Å². The second-order valence-corrected chi connectivity index (χ2v) is 15.6. The molecule has 0 amide bonds. The maximum absolute atomic E-state index is 11.2. The minimum absolute atomic E-state index is 0.104. The molecular weight excluding hydrogens is 741 g/mol. The van der Waals surface area contributed by atoms with Crippen LogP contribution < -0.4 is 5.73 Å². The Morgan fingerprint density at radius 3 is 1.32 bits per heavy atom. The minimum Gasteiger partial charge on any atom is -0.399 e. The highest BCUT2D eigenvalue weighted by Gasteiger charge is 2.14. The van der Waals surface area contributed by atoms with Crippen LogP contribution >= 0.6 is 22.7 Å². The van der Waals surface area contributed by atoms with E-state index >= 15 is 0 Å². The highest BCUT2D eigenvalue weighted by atomic mass is 32.1. The molecule has 0 spiro atoms. The van der Waals surface area contributed by atoms with Gasteiger partial charge < -0.3 is 10.8 Å². The van der Waals surface area contributed by atoms with E-state index in [1.165, 1.54) is 63.1 Å². The van der Waals surface area contributed by atoms with Gasteiger partial charge in [-0.05, 0) is 87.8 Å². The van der Waals surface area contributed by atoms with Gasteiger partial charge in [-0.15, -0.1) is 22.7 Å². The van der Waals surface area contributed by atoms with E-state index < -0.39 is 0 Å². The first-order valence-corrected chi connectivity index (χ1v) is 20.3. The predicted molar refractivity (Wildman–Crippen MR) is 244 cm³/mol. The third-order valence-corrected chi connectivity index (χ3v) is 12.1. The first kappa shape index (κ1) is 37.3. The Morgan fingerprint density at radius 1 is 0.474 bits per heavy atom. The molecule has 2 aromatic heterocycles. The number of aliphatic hydroxyl groups is 1. The molecule has 7 heteroatoms. The molecule has 0 saturated carbocycles. The van der Waals surface area contributed by atoms with E-state index in [0.29, 0.717) is 0 Å². The van der Waals surface area contributed by atoms with Crippen LogP contribution in [0.2, 0.25) is 0 Å². The Labute approximate surface area is 338 Å². The van der Waals surface area contributed by atoms with Crippen LogP contribution in [0.15, 0.2) is 182 Å². The fourth-order valence-electron chi connectivity index (χ4n) is 7.25. The van der Waals surface area contributed by atoms with Crippen molar-refractivity contribution in [2.45, 2.75) is 6.92 Å². The van der Waals surface area contributed by atoms with Gasteiger partial charge in [-0.2, -0.15) is 0 Å². The van der Waals surface area contributed by atoms with Crippen molar-refractivity contribution in [3.05, 3.63) is 192 Å². The summed E-state index contributed by atoms with van der Waals surface area (Å²) in [6.45, 7) is 1.93. The minimum atomic E-state index is -0.352. The summed E-state index contributed by atoms with van der Waals surface area (Å²) in [4.78, 5) is 10.8. The summed E-state index contributed by atoms with van der Waals surface area (Å²) in [5.41, 5.74) is 15.8. The number of nitrogens with zero attached hydrogens (tertiary/aromatic N) is 1. The fraction of sp³-hybridized carbons (Fsp3) is 0.0400. The normalized spacial score (nSPS) is 10.9. The first-order chi connectivity index (χ1) is 27.9. The van der Waals surface area contributed by atoms with Crippen molar-refractivity contribution in [2.75, 3.05) is 12.3 Å². The third kappa shape index (κ3) is 7.77. The summed E-state index contributed by atoms with van der Waals surface area (Å²) < 4.78 is 5.18. The van der Waals surface area contributed by atoms with Crippen LogP contribution in [-0.4, -0.2) is 16.6 Å². The molecule has 0 aliphatic rings. The molecule has 0 aliphatic heterocycles. The Morgan fingerprint density at radius 2 is 0.860 bits per heavy atom. The van der Waals surface area contributed by atoms with Crippen LogP contribution in [0.25, 0.3) is 84.9 Å². The highest BCUT2D eigenvalue weighted by molar-refractivity contribution is 7.26. The van der Waals surface area contributed by atoms with Crippen molar-refractivity contribution in [1.29, 1.82) is 0 Å². The number of hydrogen-bond acceptors (Lipinski definition) is 6. The molecule has 3 N–H and O–H groups in total. The summed E-state index contributed by atoms with van der Waals surface area (Å²) in [5.74, 6) is 0. The largest absolute Gasteiger partial charge is 0.399 e. The first-order valence-electron chi connectivity index (χ1n) is 18.6. The zero-order valence-corrected chi connectivity index (χ0v) is 32.8. The quantitative estimate of drug-likeness (QED) is 0.103. The number of hydrogen-bond donors (Lipinski definition) is 2. The van der Waals surface area contributed by atoms with Crippen molar-refractivity contribution in [2.24, 2.45) is 0 Å². The van der Waals surface area contributed by atoms with Crippen molar-refractivity contribution < 1.29 is 10.0 Å². The van der Waals surface area contributed by atoms with Crippen LogP contribution in [0.5, 0.6) is 0 Å². The van der Waals surface area contributed by atoms with Crippen molar-refractivity contribution in [1.82, 2.24) is 0 Å². The number of rotatable bonds is 5. The number of nitrogen functional groups attached to an aromatic ring is 1. The lowest BCUT2D eigenvalue weighted by molar-refractivity contribution is -0.384. The van der Waals surface area contributed by atoms with Gasteiger partial charge in [-0.1, -0.05) is 133 Å². The van der Waals surface area contributed by atoms with Gasteiger partial charge in [0.15, 0.2) is 0 Å². The van der Waals surface area contributed by atoms with Gasteiger partial charge in [0, 0.05) is 64.8 Å². The molecule has 0 atom stereocenters. The molecule has 10 rings (SSSR count). The number of non-ortho nitro benzene ring substituents is 1. The van der Waals surface area contributed by atoms with Gasteiger partial charge in [0.05, 0.1) is 4.92 Å². The highest BCUT2D eigenvalue weighted by Crippen LogP contribution is 2.41. The molecule has 0 saturated heterocycles. The predicted octanol–water partition coefficient (Wildman–Crippen LogP) is 14.3. The average molecular weight is 779 g/mol. The van der Waals surface area contributed by atoms with Gasteiger partial charge in [-0.25, -0.2) is 0 Å². The number of anilines is 1. The maximum Gasteiger partial charge on any atom is 0.270 e. The van der Waals surface area contributed by atoms with Gasteiger partial charge in [0.1, 0.15) is 0 Å². The molecule has 2 heterocycles. The molecule has 0 fully saturated rings. The second kappa shape index (κ2) is 16.6. The van der Waals surface area contributed by atoms with E-state index in [-0.39, 0.29) is 17.2 Å². The van der Waals surface area contributed by atoms with E-state index in [9.17, 15) is 10.1 Å². The van der Waals surface area contributed by atoms with Crippen LogP contribution in [0.4, 0.5) is 11.4 Å². The van der Waals surface area contributed by atoms with Crippen LogP contribution in [0, 0.1) is 10.1 Å². The van der Waals surface area contributed by atoms with E-state index in [4.69, 9.17) is 10.8 Å². The number of benzene rings is 8. The van der Waals surface area contributed by atoms with Crippen LogP contribution in [-0.2, 0) is 0 Å². The van der Waals surface area contributed by atoms with Crippen molar-refractivity contribution in [3.63, 3.8) is 0 Å². The Balaban J connectivity index is 0.000000150. The van der Waals surface area contributed by atoms with Gasteiger partial charge >= 0.3 is 0 Å². The molecule has 8 aromatic carbocycles. The number of aliphatic hydroxyl groups excluding tert-OH is 1. The summed E-state index contributed by atoms with van der Waals surface area (Å²) in [6.07, 6.45) is 0. The Hall–Kier alpha value is -6.64. The topological polar surface area (TPSA) is 89.4 Å².